The lowest BCUT2D eigenvalue weighted by Crippen LogP contribution is -2.41. The van der Waals surface area contributed by atoms with Crippen molar-refractivity contribution in [3.63, 3.8) is 0 Å². The molecule has 3 rings (SSSR count). The lowest BCUT2D eigenvalue weighted by molar-refractivity contribution is 0.0937. The van der Waals surface area contributed by atoms with Gasteiger partial charge in [-0.15, -0.1) is 0 Å². The van der Waals surface area contributed by atoms with Crippen molar-refractivity contribution in [3.8, 4) is 0 Å². The van der Waals surface area contributed by atoms with Crippen molar-refractivity contribution in [1.29, 1.82) is 0 Å². The molecule has 2 aromatic heterocycles. The quantitative estimate of drug-likeness (QED) is 0.603. The molecule has 1 unspecified atom stereocenters. The monoisotopic (exact) mass is 387 g/mol. The Balaban J connectivity index is 2.12. The summed E-state index contributed by atoms with van der Waals surface area (Å²) in [6.45, 7) is 4.79. The van der Waals surface area contributed by atoms with Crippen LogP contribution in [0.1, 0.15) is 74.3 Å². The smallest absolute Gasteiger partial charge is 0.329 e. The molecule has 0 bridgehead atoms. The van der Waals surface area contributed by atoms with E-state index >= 15 is 0 Å². The summed E-state index contributed by atoms with van der Waals surface area (Å²) in [6, 6.07) is 1.55. The number of nitrogens with one attached hydrogen (secondary N) is 2. The van der Waals surface area contributed by atoms with Gasteiger partial charge in [0, 0.05) is 30.7 Å². The van der Waals surface area contributed by atoms with Crippen LogP contribution < -0.4 is 22.3 Å². The summed E-state index contributed by atoms with van der Waals surface area (Å²) < 4.78 is 1.46. The number of nitrogens with zero attached hydrogens (tertiary/aromatic N) is 2. The van der Waals surface area contributed by atoms with Gasteiger partial charge < -0.3 is 11.1 Å². The zero-order chi connectivity index (χ0) is 20.3. The fourth-order valence-corrected chi connectivity index (χ4v) is 3.45. The second-order valence-corrected chi connectivity index (χ2v) is 7.53. The first kappa shape index (κ1) is 20.3. The standard InChI is InChI=1S/C20H29N5O3/c1-3-5-6-13(11-21)22-18(26)14-10-15(12-7-8-12)23-17-16(14)19(27)24-20(28)25(17)9-4-2/h10,12-13H,3-9,11,21H2,1-2H3,(H,22,26)(H,24,27,28). The molecule has 0 saturated heterocycles. The predicted molar refractivity (Wildman–Crippen MR) is 109 cm³/mol. The summed E-state index contributed by atoms with van der Waals surface area (Å²) in [5.41, 5.74) is 6.08. The van der Waals surface area contributed by atoms with Crippen molar-refractivity contribution in [1.82, 2.24) is 19.9 Å². The number of carbonyl (C=O) groups excluding carboxylic acids is 1. The van der Waals surface area contributed by atoms with Gasteiger partial charge in [-0.2, -0.15) is 0 Å². The summed E-state index contributed by atoms with van der Waals surface area (Å²) in [4.78, 5) is 44.9. The Morgan fingerprint density at radius 1 is 1.36 bits per heavy atom. The number of H-pyrrole nitrogens is 1. The topological polar surface area (TPSA) is 123 Å². The number of hydrogen-bond acceptors (Lipinski definition) is 5. The summed E-state index contributed by atoms with van der Waals surface area (Å²) in [5.74, 6) is -0.0566. The molecule has 8 heteroatoms. The molecule has 2 aromatic rings. The van der Waals surface area contributed by atoms with Crippen molar-refractivity contribution in [2.45, 2.75) is 70.9 Å². The minimum Gasteiger partial charge on any atom is -0.348 e. The van der Waals surface area contributed by atoms with Gasteiger partial charge in [0.1, 0.15) is 0 Å². The molecule has 0 aromatic carbocycles. The van der Waals surface area contributed by atoms with Gasteiger partial charge in [-0.05, 0) is 31.7 Å². The van der Waals surface area contributed by atoms with Crippen molar-refractivity contribution in [2.24, 2.45) is 5.73 Å². The molecule has 28 heavy (non-hydrogen) atoms. The maximum atomic E-state index is 13.1. The first-order valence-electron chi connectivity index (χ1n) is 10.2. The number of aromatic nitrogens is 3. The Morgan fingerprint density at radius 3 is 2.71 bits per heavy atom. The molecule has 0 spiro atoms. The first-order valence-corrected chi connectivity index (χ1v) is 10.2. The van der Waals surface area contributed by atoms with E-state index in [4.69, 9.17) is 5.73 Å². The SMILES string of the molecule is CCCCC(CN)NC(=O)c1cc(C2CC2)nc2c1c(=O)[nH]c(=O)n2CCC. The lowest BCUT2D eigenvalue weighted by Gasteiger charge is -2.18. The van der Waals surface area contributed by atoms with Crippen molar-refractivity contribution in [2.75, 3.05) is 6.54 Å². The Bertz CT molecular complexity index is 974. The maximum Gasteiger partial charge on any atom is 0.329 e. The largest absolute Gasteiger partial charge is 0.348 e. The molecule has 4 N–H and O–H groups in total. The fourth-order valence-electron chi connectivity index (χ4n) is 3.45. The van der Waals surface area contributed by atoms with Crippen LogP contribution in [0.4, 0.5) is 0 Å². The van der Waals surface area contributed by atoms with E-state index in [0.29, 0.717) is 25.2 Å². The third-order valence-corrected chi connectivity index (χ3v) is 5.18. The molecule has 2 heterocycles. The van der Waals surface area contributed by atoms with Gasteiger partial charge in [0.15, 0.2) is 5.65 Å². The summed E-state index contributed by atoms with van der Waals surface area (Å²) in [6.07, 6.45) is 5.48. The number of aryl methyl sites for hydroxylation is 1. The molecule has 0 radical (unpaired) electrons. The number of unbranched alkanes of at least 4 members (excludes halogenated alkanes) is 1. The van der Waals surface area contributed by atoms with Crippen LogP contribution in [0.2, 0.25) is 0 Å². The second kappa shape index (κ2) is 8.68. The minimum absolute atomic E-state index is 0.152. The number of rotatable bonds is 9. The van der Waals surface area contributed by atoms with Crippen LogP contribution in [0.3, 0.4) is 0 Å². The third-order valence-electron chi connectivity index (χ3n) is 5.18. The van der Waals surface area contributed by atoms with E-state index in [1.54, 1.807) is 6.07 Å². The Morgan fingerprint density at radius 2 is 2.11 bits per heavy atom. The highest BCUT2D eigenvalue weighted by molar-refractivity contribution is 6.05. The van der Waals surface area contributed by atoms with Gasteiger partial charge in [0.05, 0.1) is 10.9 Å². The van der Waals surface area contributed by atoms with E-state index in [9.17, 15) is 14.4 Å². The summed E-state index contributed by atoms with van der Waals surface area (Å²) >= 11 is 0. The molecular weight excluding hydrogens is 358 g/mol. The van der Waals surface area contributed by atoms with Gasteiger partial charge in [0.25, 0.3) is 11.5 Å². The van der Waals surface area contributed by atoms with Crippen LogP contribution >= 0.6 is 0 Å². The number of amides is 1. The van der Waals surface area contributed by atoms with Crippen LogP contribution in [0.15, 0.2) is 15.7 Å². The number of fused-ring (bicyclic) bond motifs is 1. The molecular formula is C20H29N5O3. The molecule has 1 aliphatic carbocycles. The van der Waals surface area contributed by atoms with E-state index in [-0.39, 0.29) is 28.8 Å². The highest BCUT2D eigenvalue weighted by Gasteiger charge is 2.29. The van der Waals surface area contributed by atoms with Gasteiger partial charge in [-0.25, -0.2) is 9.78 Å². The number of nitrogens with two attached hydrogens (primary N) is 1. The Hall–Kier alpha value is -2.48. The average Bonchev–Trinajstić information content (AvgIpc) is 3.52. The first-order chi connectivity index (χ1) is 13.5. The van der Waals surface area contributed by atoms with Crippen molar-refractivity contribution < 1.29 is 4.79 Å². The van der Waals surface area contributed by atoms with Crippen LogP contribution in [0, 0.1) is 0 Å². The molecule has 152 valence electrons. The highest BCUT2D eigenvalue weighted by Crippen LogP contribution is 2.39. The van der Waals surface area contributed by atoms with Crippen molar-refractivity contribution >= 4 is 16.9 Å². The molecule has 8 nitrogen and oxygen atoms in total. The van der Waals surface area contributed by atoms with Gasteiger partial charge in [-0.3, -0.25) is 19.1 Å². The highest BCUT2D eigenvalue weighted by atomic mass is 16.2. The van der Waals surface area contributed by atoms with E-state index in [0.717, 1.165) is 37.8 Å². The van der Waals surface area contributed by atoms with Gasteiger partial charge >= 0.3 is 5.69 Å². The van der Waals surface area contributed by atoms with E-state index in [2.05, 4.69) is 22.2 Å². The molecule has 1 aliphatic rings. The van der Waals surface area contributed by atoms with Gasteiger partial charge in [0.2, 0.25) is 0 Å². The normalized spacial score (nSPS) is 15.0. The van der Waals surface area contributed by atoms with Crippen LogP contribution in [-0.2, 0) is 6.54 Å². The zero-order valence-corrected chi connectivity index (χ0v) is 16.6. The van der Waals surface area contributed by atoms with Crippen molar-refractivity contribution in [3.05, 3.63) is 38.2 Å². The van der Waals surface area contributed by atoms with Crippen LogP contribution in [0.5, 0.6) is 0 Å². The van der Waals surface area contributed by atoms with E-state index in [1.165, 1.54) is 4.57 Å². The van der Waals surface area contributed by atoms with E-state index in [1.807, 2.05) is 6.92 Å². The summed E-state index contributed by atoms with van der Waals surface area (Å²) in [7, 11) is 0. The Labute approximate surface area is 163 Å². The molecule has 1 fully saturated rings. The fraction of sp³-hybridized carbons (Fsp3) is 0.600. The second-order valence-electron chi connectivity index (χ2n) is 7.53. The predicted octanol–water partition coefficient (Wildman–Crippen LogP) is 1.62. The number of carbonyl (C=O) groups is 1. The maximum absolute atomic E-state index is 13.1. The molecule has 0 aliphatic heterocycles. The van der Waals surface area contributed by atoms with Crippen LogP contribution in [0.25, 0.3) is 11.0 Å². The number of hydrogen-bond donors (Lipinski definition) is 3. The molecule has 1 atom stereocenters. The molecule has 1 saturated carbocycles. The molecule has 1 amide bonds. The van der Waals surface area contributed by atoms with Crippen LogP contribution in [-0.4, -0.2) is 33.0 Å². The minimum atomic E-state index is -0.579. The number of pyridine rings is 1. The number of aromatic amines is 1. The Kier molecular flexibility index (Phi) is 6.28. The van der Waals surface area contributed by atoms with Gasteiger partial charge in [-0.1, -0.05) is 26.7 Å². The average molecular weight is 387 g/mol. The lowest BCUT2D eigenvalue weighted by atomic mass is 10.1. The summed E-state index contributed by atoms with van der Waals surface area (Å²) in [5, 5.41) is 3.13. The van der Waals surface area contributed by atoms with E-state index < -0.39 is 11.2 Å². The third kappa shape index (κ3) is 4.16. The zero-order valence-electron chi connectivity index (χ0n) is 16.6.